The van der Waals surface area contributed by atoms with Gasteiger partial charge in [0.15, 0.2) is 0 Å². The third kappa shape index (κ3) is 9.23. The summed E-state index contributed by atoms with van der Waals surface area (Å²) in [5.41, 5.74) is 5.78. The Morgan fingerprint density at radius 2 is 1.04 bits per heavy atom. The molecule has 14 heteroatoms. The fourth-order valence-electron chi connectivity index (χ4n) is 7.42. The van der Waals surface area contributed by atoms with Crippen LogP contribution in [0, 0.1) is 5.92 Å². The van der Waals surface area contributed by atoms with E-state index in [-0.39, 0.29) is 42.0 Å². The van der Waals surface area contributed by atoms with Gasteiger partial charge < -0.3 is 39.9 Å². The molecule has 4 atom stereocenters. The first-order chi connectivity index (χ1) is 26.8. The number of carbonyl (C=O) groups is 4. The minimum absolute atomic E-state index is 0.113. The zero-order valence-electron chi connectivity index (χ0n) is 33.3. The molecule has 0 radical (unpaired) electrons. The van der Waals surface area contributed by atoms with Gasteiger partial charge in [-0.05, 0) is 88.5 Å². The molecule has 2 aliphatic heterocycles. The largest absolute Gasteiger partial charge is 0.447 e. The number of aromatic amines is 2. The summed E-state index contributed by atoms with van der Waals surface area (Å²) >= 11 is 0. The fraction of sp³-hybridized carbons (Fsp3) is 0.476. The van der Waals surface area contributed by atoms with Gasteiger partial charge in [0, 0.05) is 13.1 Å². The zero-order chi connectivity index (χ0) is 40.1. The summed E-state index contributed by atoms with van der Waals surface area (Å²) in [6.45, 7) is 13.8. The Kier molecular flexibility index (Phi) is 12.5. The number of alkyl carbamates (subject to hydrolysis) is 2. The Hall–Kier alpha value is -5.66. The lowest BCUT2D eigenvalue weighted by Gasteiger charge is -2.30. The van der Waals surface area contributed by atoms with Crippen molar-refractivity contribution in [2.75, 3.05) is 13.1 Å². The predicted molar refractivity (Wildman–Crippen MR) is 212 cm³/mol. The Morgan fingerprint density at radius 3 is 1.46 bits per heavy atom. The lowest BCUT2D eigenvalue weighted by molar-refractivity contribution is -0.135. The van der Waals surface area contributed by atoms with Crippen LogP contribution in [0.25, 0.3) is 33.6 Å². The second-order valence-electron chi connectivity index (χ2n) is 15.5. The smallest absolute Gasteiger partial charge is 0.408 e. The molecule has 4 N–H and O–H groups in total. The summed E-state index contributed by atoms with van der Waals surface area (Å²) in [6, 6.07) is 14.7. The van der Waals surface area contributed by atoms with Crippen LogP contribution in [0.3, 0.4) is 0 Å². The molecule has 2 aromatic heterocycles. The van der Waals surface area contributed by atoms with Crippen molar-refractivity contribution < 1.29 is 28.7 Å². The average Bonchev–Trinajstić information content (AvgIpc) is 3.99. The van der Waals surface area contributed by atoms with Crippen molar-refractivity contribution in [3.05, 3.63) is 72.6 Å². The van der Waals surface area contributed by atoms with Crippen LogP contribution in [0.4, 0.5) is 9.59 Å². The van der Waals surface area contributed by atoms with Crippen LogP contribution < -0.4 is 10.6 Å². The molecule has 2 aromatic carbocycles. The van der Waals surface area contributed by atoms with E-state index < -0.39 is 24.3 Å². The van der Waals surface area contributed by atoms with E-state index >= 15 is 0 Å². The minimum Gasteiger partial charge on any atom is -0.447 e. The molecule has 4 aromatic rings. The molecule has 2 fully saturated rings. The quantitative estimate of drug-likeness (QED) is 0.118. The highest BCUT2D eigenvalue weighted by atomic mass is 16.6. The summed E-state index contributed by atoms with van der Waals surface area (Å²) in [4.78, 5) is 71.2. The monoisotopic (exact) mass is 766 g/mol. The lowest BCUT2D eigenvalue weighted by atomic mass is 10.0. The molecular weight excluding hydrogens is 713 g/mol. The van der Waals surface area contributed by atoms with Gasteiger partial charge in [0.2, 0.25) is 11.8 Å². The number of hydrogen-bond donors (Lipinski definition) is 4. The Labute approximate surface area is 328 Å². The van der Waals surface area contributed by atoms with Crippen molar-refractivity contribution in [2.24, 2.45) is 5.92 Å². The molecule has 0 spiro atoms. The maximum atomic E-state index is 13.7. The highest BCUT2D eigenvalue weighted by Crippen LogP contribution is 2.35. The fourth-order valence-corrected chi connectivity index (χ4v) is 7.42. The maximum Gasteiger partial charge on any atom is 0.408 e. The summed E-state index contributed by atoms with van der Waals surface area (Å²) in [7, 11) is 0. The molecule has 4 heterocycles. The first-order valence-electron chi connectivity index (χ1n) is 19.6. The molecule has 0 bridgehead atoms. The number of carbonyl (C=O) groups excluding carboxylic acids is 4. The lowest BCUT2D eigenvalue weighted by Crippen LogP contribution is -2.51. The summed E-state index contributed by atoms with van der Waals surface area (Å²) in [5.74, 6) is 1.03. The number of nitrogens with one attached hydrogen (secondary N) is 4. The second-order valence-corrected chi connectivity index (χ2v) is 15.5. The molecule has 6 rings (SSSR count). The number of imidazole rings is 2. The van der Waals surface area contributed by atoms with Gasteiger partial charge in [0.25, 0.3) is 0 Å². The third-order valence-corrected chi connectivity index (χ3v) is 10.2. The maximum absolute atomic E-state index is 13.7. The SMILES string of the molecule is CC(C)OC(=O)N[C@@H](C)C(=O)N1CCC[C@H]1c1ncc(-c2ccc(-c3ccc(-c4cnc(C5CCCN5C(=O)[C@@H](NC(=O)OC(C)C)C(C)C)[nH]4)cc3)cc2)[nH]1. The number of hydrogen-bond acceptors (Lipinski definition) is 8. The Balaban J connectivity index is 1.08. The number of benzene rings is 2. The van der Waals surface area contributed by atoms with Gasteiger partial charge in [0.1, 0.15) is 23.7 Å². The van der Waals surface area contributed by atoms with E-state index in [1.54, 1.807) is 51.9 Å². The van der Waals surface area contributed by atoms with Crippen LogP contribution in [0.1, 0.15) is 97.9 Å². The predicted octanol–water partition coefficient (Wildman–Crippen LogP) is 7.14. The number of amides is 4. The van der Waals surface area contributed by atoms with Gasteiger partial charge in [-0.2, -0.15) is 0 Å². The van der Waals surface area contributed by atoms with E-state index in [9.17, 15) is 19.2 Å². The topological polar surface area (TPSA) is 175 Å². The average molecular weight is 767 g/mol. The molecule has 1 unspecified atom stereocenters. The number of aromatic nitrogens is 4. The van der Waals surface area contributed by atoms with Crippen LogP contribution in [-0.2, 0) is 19.1 Å². The van der Waals surface area contributed by atoms with Crippen molar-refractivity contribution in [3.8, 4) is 33.6 Å². The van der Waals surface area contributed by atoms with E-state index in [4.69, 9.17) is 9.47 Å². The van der Waals surface area contributed by atoms with Gasteiger partial charge in [-0.1, -0.05) is 62.4 Å². The highest BCUT2D eigenvalue weighted by Gasteiger charge is 2.38. The van der Waals surface area contributed by atoms with Crippen LogP contribution in [0.15, 0.2) is 60.9 Å². The number of rotatable bonds is 12. The molecule has 14 nitrogen and oxygen atoms in total. The molecular formula is C42H54N8O6. The molecule has 2 saturated heterocycles. The van der Waals surface area contributed by atoms with E-state index in [1.807, 2.05) is 30.9 Å². The van der Waals surface area contributed by atoms with Gasteiger partial charge >= 0.3 is 12.2 Å². The summed E-state index contributed by atoms with van der Waals surface area (Å²) in [6.07, 6.45) is 5.10. The summed E-state index contributed by atoms with van der Waals surface area (Å²) in [5, 5.41) is 5.41. The van der Waals surface area contributed by atoms with Crippen LogP contribution in [0.2, 0.25) is 0 Å². The molecule has 298 valence electrons. The normalized spacial score (nSPS) is 18.0. The van der Waals surface area contributed by atoms with Gasteiger partial charge in [-0.25, -0.2) is 19.6 Å². The number of H-pyrrole nitrogens is 2. The molecule has 2 aliphatic rings. The molecule has 0 saturated carbocycles. The Bertz CT molecular complexity index is 1990. The van der Waals surface area contributed by atoms with E-state index in [0.29, 0.717) is 13.1 Å². The van der Waals surface area contributed by atoms with Gasteiger partial charge in [-0.15, -0.1) is 0 Å². The highest BCUT2D eigenvalue weighted by molar-refractivity contribution is 5.87. The van der Waals surface area contributed by atoms with Gasteiger partial charge in [0.05, 0.1) is 48.1 Å². The summed E-state index contributed by atoms with van der Waals surface area (Å²) < 4.78 is 10.4. The van der Waals surface area contributed by atoms with Crippen LogP contribution >= 0.6 is 0 Å². The minimum atomic E-state index is -0.717. The number of likely N-dealkylation sites (tertiary alicyclic amines) is 2. The molecule has 4 amide bonds. The van der Waals surface area contributed by atoms with Crippen molar-refractivity contribution >= 4 is 24.0 Å². The standard InChI is InChI=1S/C42H54N8O6/c1-24(2)36(48-42(54)56-26(5)6)40(52)50-21-9-11-35(50)38-44-23-33(47-38)31-18-14-29(15-19-31)28-12-16-30(17-13-28)32-22-43-37(46-32)34-10-8-20-49(34)39(51)27(7)45-41(53)55-25(3)4/h12-19,22-27,34-36H,8-11,20-21H2,1-7H3,(H,43,46)(H,44,47)(H,45,53)(H,48,54)/t27-,34-,35?,36-/m0/s1. The van der Waals surface area contributed by atoms with E-state index in [0.717, 1.165) is 71.0 Å². The number of nitrogens with zero attached hydrogens (tertiary/aromatic N) is 4. The molecule has 56 heavy (non-hydrogen) atoms. The van der Waals surface area contributed by atoms with Gasteiger partial charge in [-0.3, -0.25) is 9.59 Å². The first-order valence-corrected chi connectivity index (χ1v) is 19.6. The first kappa shape index (κ1) is 40.0. The Morgan fingerprint density at radius 1 is 0.625 bits per heavy atom. The van der Waals surface area contributed by atoms with Crippen LogP contribution in [-0.4, -0.2) is 91.1 Å². The van der Waals surface area contributed by atoms with Crippen LogP contribution in [0.5, 0.6) is 0 Å². The van der Waals surface area contributed by atoms with Crippen molar-refractivity contribution in [1.82, 2.24) is 40.4 Å². The zero-order valence-corrected chi connectivity index (χ0v) is 33.3. The van der Waals surface area contributed by atoms with Crippen molar-refractivity contribution in [1.29, 1.82) is 0 Å². The van der Waals surface area contributed by atoms with Crippen molar-refractivity contribution in [2.45, 2.75) is 111 Å². The molecule has 0 aliphatic carbocycles. The second kappa shape index (κ2) is 17.4. The van der Waals surface area contributed by atoms with E-state index in [1.165, 1.54) is 0 Å². The third-order valence-electron chi connectivity index (χ3n) is 10.2. The van der Waals surface area contributed by atoms with Crippen molar-refractivity contribution in [3.63, 3.8) is 0 Å². The van der Waals surface area contributed by atoms with E-state index in [2.05, 4.69) is 67.0 Å². The number of ether oxygens (including phenoxy) is 2.